The minimum Gasteiger partial charge on any atom is -0.481 e. The molecule has 6 nitrogen and oxygen atoms in total. The second kappa shape index (κ2) is 9.36. The summed E-state index contributed by atoms with van der Waals surface area (Å²) >= 11 is 12.9. The number of anilines is 1. The molecule has 6 rings (SSSR count). The third kappa shape index (κ3) is 4.38. The summed E-state index contributed by atoms with van der Waals surface area (Å²) in [7, 11) is 0. The fourth-order valence-corrected chi connectivity index (χ4v) is 6.29. The second-order valence-electron chi connectivity index (χ2n) is 9.99. The van der Waals surface area contributed by atoms with Crippen molar-refractivity contribution in [2.75, 3.05) is 11.4 Å². The van der Waals surface area contributed by atoms with Crippen molar-refractivity contribution in [2.45, 2.75) is 56.8 Å². The Morgan fingerprint density at radius 3 is 2.61 bits per heavy atom. The largest absolute Gasteiger partial charge is 0.481 e. The molecule has 36 heavy (non-hydrogen) atoms. The van der Waals surface area contributed by atoms with Crippen LogP contribution in [-0.2, 0) is 22.6 Å². The van der Waals surface area contributed by atoms with Crippen LogP contribution >= 0.6 is 23.2 Å². The summed E-state index contributed by atoms with van der Waals surface area (Å²) in [6.45, 7) is 1.06. The van der Waals surface area contributed by atoms with Crippen molar-refractivity contribution >= 4 is 34.9 Å². The molecular weight excluding hydrogens is 506 g/mol. The van der Waals surface area contributed by atoms with Crippen molar-refractivity contribution in [2.24, 2.45) is 5.92 Å². The maximum absolute atomic E-state index is 14.8. The quantitative estimate of drug-likeness (QED) is 0.359. The molecular formula is C27H25Cl2FN2O4. The minimum atomic E-state index is -0.972. The van der Waals surface area contributed by atoms with Crippen molar-refractivity contribution < 1.29 is 23.6 Å². The number of hydrogen-bond donors (Lipinski definition) is 1. The Labute approximate surface area is 217 Å². The minimum absolute atomic E-state index is 0.0529. The van der Waals surface area contributed by atoms with Gasteiger partial charge in [-0.3, -0.25) is 4.79 Å². The molecule has 2 heterocycles. The molecule has 0 radical (unpaired) electrons. The third-order valence-electron chi connectivity index (χ3n) is 7.56. The first-order chi connectivity index (χ1) is 17.4. The monoisotopic (exact) mass is 530 g/mol. The molecule has 3 aromatic rings. The predicted molar refractivity (Wildman–Crippen MR) is 134 cm³/mol. The molecule has 0 unspecified atom stereocenters. The molecule has 188 valence electrons. The summed E-state index contributed by atoms with van der Waals surface area (Å²) in [6.07, 6.45) is 3.73. The van der Waals surface area contributed by atoms with Gasteiger partial charge in [0.25, 0.3) is 0 Å². The highest BCUT2D eigenvalue weighted by Gasteiger charge is 2.46. The Bertz CT molecular complexity index is 1300. The number of aromatic nitrogens is 1. The average molecular weight is 531 g/mol. The van der Waals surface area contributed by atoms with Crippen LogP contribution in [0.15, 0.2) is 40.9 Å². The molecule has 3 aliphatic rings. The molecule has 0 spiro atoms. The van der Waals surface area contributed by atoms with Crippen LogP contribution in [0.5, 0.6) is 0 Å². The normalized spacial score (nSPS) is 23.0. The van der Waals surface area contributed by atoms with Crippen molar-refractivity contribution in [3.8, 4) is 11.3 Å². The maximum atomic E-state index is 14.8. The summed E-state index contributed by atoms with van der Waals surface area (Å²) in [6, 6.07) is 10.3. The van der Waals surface area contributed by atoms with Gasteiger partial charge in [0.05, 0.1) is 34.9 Å². The van der Waals surface area contributed by atoms with Crippen LogP contribution < -0.4 is 4.90 Å². The zero-order valence-corrected chi connectivity index (χ0v) is 20.9. The van der Waals surface area contributed by atoms with Crippen LogP contribution in [0.4, 0.5) is 10.1 Å². The lowest BCUT2D eigenvalue weighted by Crippen LogP contribution is -2.39. The topological polar surface area (TPSA) is 75.8 Å². The number of aliphatic carboxylic acids is 1. The molecule has 2 aromatic carbocycles. The van der Waals surface area contributed by atoms with Crippen LogP contribution in [0.1, 0.15) is 48.5 Å². The molecule has 2 aliphatic carbocycles. The van der Waals surface area contributed by atoms with E-state index in [1.165, 1.54) is 6.07 Å². The number of fused-ring (bicyclic) bond motifs is 2. The number of rotatable bonds is 8. The van der Waals surface area contributed by atoms with E-state index in [0.29, 0.717) is 51.6 Å². The predicted octanol–water partition coefficient (Wildman–Crippen LogP) is 6.48. The van der Waals surface area contributed by atoms with E-state index in [4.69, 9.17) is 37.6 Å². The van der Waals surface area contributed by atoms with Crippen LogP contribution in [0.25, 0.3) is 11.3 Å². The Kier molecular flexibility index (Phi) is 6.18. The molecule has 1 aromatic heterocycles. The van der Waals surface area contributed by atoms with E-state index in [1.807, 2.05) is 0 Å². The fourth-order valence-electron chi connectivity index (χ4n) is 5.71. The van der Waals surface area contributed by atoms with Crippen LogP contribution in [0.2, 0.25) is 10.0 Å². The smallest absolute Gasteiger partial charge is 0.307 e. The number of carboxylic acid groups (broad SMARTS) is 1. The first kappa shape index (κ1) is 23.8. The van der Waals surface area contributed by atoms with E-state index in [9.17, 15) is 9.18 Å². The highest BCUT2D eigenvalue weighted by molar-refractivity contribution is 6.39. The van der Waals surface area contributed by atoms with Crippen molar-refractivity contribution in [1.82, 2.24) is 5.16 Å². The average Bonchev–Trinajstić information content (AvgIpc) is 3.28. The number of ether oxygens (including phenoxy) is 1. The zero-order chi connectivity index (χ0) is 25.0. The highest BCUT2D eigenvalue weighted by atomic mass is 35.5. The van der Waals surface area contributed by atoms with Crippen molar-refractivity contribution in [3.63, 3.8) is 0 Å². The first-order valence-corrected chi connectivity index (χ1v) is 13.0. The molecule has 1 N–H and O–H groups in total. The van der Waals surface area contributed by atoms with Crippen LogP contribution in [0.3, 0.4) is 0 Å². The second-order valence-corrected chi connectivity index (χ2v) is 10.8. The van der Waals surface area contributed by atoms with Gasteiger partial charge < -0.3 is 19.3 Å². The number of benzene rings is 2. The van der Waals surface area contributed by atoms with E-state index < -0.39 is 5.97 Å². The number of nitrogens with zero attached hydrogens (tertiary/aromatic N) is 2. The number of piperidine rings is 1. The van der Waals surface area contributed by atoms with E-state index in [-0.39, 0.29) is 30.3 Å². The Morgan fingerprint density at radius 2 is 1.97 bits per heavy atom. The number of carbonyl (C=O) groups is 1. The first-order valence-electron chi connectivity index (χ1n) is 12.2. The molecule has 3 fully saturated rings. The van der Waals surface area contributed by atoms with Gasteiger partial charge in [-0.05, 0) is 55.5 Å². The number of halogens is 3. The van der Waals surface area contributed by atoms with Crippen LogP contribution in [0, 0.1) is 11.7 Å². The lowest BCUT2D eigenvalue weighted by molar-refractivity contribution is -0.136. The Balaban J connectivity index is 1.17. The fraction of sp³-hybridized carbons (Fsp3) is 0.407. The van der Waals surface area contributed by atoms with Gasteiger partial charge in [0.15, 0.2) is 0 Å². The van der Waals surface area contributed by atoms with Crippen LogP contribution in [-0.4, -0.2) is 34.9 Å². The summed E-state index contributed by atoms with van der Waals surface area (Å²) in [4.78, 5) is 13.0. The molecule has 1 saturated heterocycles. The lowest BCUT2D eigenvalue weighted by atomic mass is 10.0. The van der Waals surface area contributed by atoms with Gasteiger partial charge in [-0.2, -0.15) is 0 Å². The summed E-state index contributed by atoms with van der Waals surface area (Å²) in [5.41, 5.74) is 3.20. The van der Waals surface area contributed by atoms with E-state index in [0.717, 1.165) is 37.0 Å². The SMILES string of the molecule is O=C(O)Cc1ccc(N2C[C@@H]3C[C@H]2C[C@H]3OCc2c(-c3c(Cl)cccc3Cl)noc2C2CC2)c(F)c1. The van der Waals surface area contributed by atoms with Gasteiger partial charge in [-0.15, -0.1) is 0 Å². The maximum Gasteiger partial charge on any atom is 0.307 e. The van der Waals surface area contributed by atoms with E-state index in [2.05, 4.69) is 10.1 Å². The summed E-state index contributed by atoms with van der Waals surface area (Å²) in [5.74, 6) is 0.145. The molecule has 2 bridgehead atoms. The van der Waals surface area contributed by atoms with E-state index in [1.54, 1.807) is 30.3 Å². The molecule has 9 heteroatoms. The van der Waals surface area contributed by atoms with Crippen molar-refractivity contribution in [3.05, 3.63) is 69.1 Å². The molecule has 0 amide bonds. The van der Waals surface area contributed by atoms with Gasteiger partial charge in [-0.25, -0.2) is 4.39 Å². The lowest BCUT2D eigenvalue weighted by Gasteiger charge is -2.33. The third-order valence-corrected chi connectivity index (χ3v) is 8.19. The Morgan fingerprint density at radius 1 is 1.19 bits per heavy atom. The Hall–Kier alpha value is -2.61. The van der Waals surface area contributed by atoms with Gasteiger partial charge in [0.2, 0.25) is 0 Å². The molecule has 3 atom stereocenters. The number of carboxylic acids is 1. The van der Waals surface area contributed by atoms with Gasteiger partial charge >= 0.3 is 5.97 Å². The molecule has 2 saturated carbocycles. The summed E-state index contributed by atoms with van der Waals surface area (Å²) < 4.78 is 27.0. The zero-order valence-electron chi connectivity index (χ0n) is 19.4. The van der Waals surface area contributed by atoms with Crippen molar-refractivity contribution in [1.29, 1.82) is 0 Å². The standard InChI is InChI=1S/C27H25Cl2FN2O4/c28-19-2-1-3-20(29)25(19)26-18(27(36-31-26)15-5-6-15)13-35-23-11-17-10-16(23)12-32(17)22-7-4-14(8-21(22)30)9-24(33)34/h1-4,7-8,15-17,23H,5-6,9-13H2,(H,33,34)/t16-,17-,23+/m0/s1. The highest BCUT2D eigenvalue weighted by Crippen LogP contribution is 2.47. The van der Waals surface area contributed by atoms with Gasteiger partial charge in [0.1, 0.15) is 17.3 Å². The van der Waals surface area contributed by atoms with E-state index >= 15 is 0 Å². The van der Waals surface area contributed by atoms with Gasteiger partial charge in [-0.1, -0.05) is 40.5 Å². The molecule has 1 aliphatic heterocycles. The summed E-state index contributed by atoms with van der Waals surface area (Å²) in [5, 5.41) is 14.3. The number of hydrogen-bond acceptors (Lipinski definition) is 5. The van der Waals surface area contributed by atoms with Gasteiger partial charge in [0, 0.05) is 35.5 Å².